The molecule has 0 radical (unpaired) electrons. The maximum Gasteiger partial charge on any atom is 0.186 e. The van der Waals surface area contributed by atoms with Crippen LogP contribution in [0.2, 0.25) is 0 Å². The molecule has 2 N–H and O–H groups in total. The Balaban J connectivity index is 1.55. The Morgan fingerprint density at radius 3 is 2.79 bits per heavy atom. The van der Waals surface area contributed by atoms with Crippen molar-refractivity contribution in [3.8, 4) is 22.9 Å². The lowest BCUT2D eigenvalue weighted by molar-refractivity contribution is 0.186. The van der Waals surface area contributed by atoms with Gasteiger partial charge in [-0.05, 0) is 41.8 Å². The Kier molecular flexibility index (Phi) is 5.09. The molecule has 0 bridgehead atoms. The van der Waals surface area contributed by atoms with Gasteiger partial charge in [-0.15, -0.1) is 15.3 Å². The number of anilines is 1. The van der Waals surface area contributed by atoms with E-state index < -0.39 is 6.10 Å². The summed E-state index contributed by atoms with van der Waals surface area (Å²) in [5, 5.41) is 30.7. The lowest BCUT2D eigenvalue weighted by atomic mass is 10.1. The molecule has 0 aliphatic rings. The zero-order valence-corrected chi connectivity index (χ0v) is 16.2. The predicted molar refractivity (Wildman–Crippen MR) is 107 cm³/mol. The second-order valence-corrected chi connectivity index (χ2v) is 6.81. The fourth-order valence-electron chi connectivity index (χ4n) is 2.87. The number of aromatic nitrogens is 4. The van der Waals surface area contributed by atoms with Crippen LogP contribution in [0.15, 0.2) is 47.2 Å². The second-order valence-electron chi connectivity index (χ2n) is 6.03. The summed E-state index contributed by atoms with van der Waals surface area (Å²) >= 11 is 1.59. The molecule has 1 aromatic carbocycles. The molecule has 3 heterocycles. The molecule has 4 aromatic rings. The summed E-state index contributed by atoms with van der Waals surface area (Å²) in [4.78, 5) is 0. The van der Waals surface area contributed by atoms with E-state index in [-0.39, 0.29) is 6.54 Å². The monoisotopic (exact) mass is 397 g/mol. The average Bonchev–Trinajstić information content (AvgIpc) is 3.40. The third-order valence-electron chi connectivity index (χ3n) is 4.31. The molecule has 1 atom stereocenters. The van der Waals surface area contributed by atoms with E-state index in [1.54, 1.807) is 54.3 Å². The van der Waals surface area contributed by atoms with Gasteiger partial charge in [0, 0.05) is 23.1 Å². The van der Waals surface area contributed by atoms with Crippen molar-refractivity contribution in [2.24, 2.45) is 0 Å². The summed E-state index contributed by atoms with van der Waals surface area (Å²) in [5.41, 5.74) is 2.25. The summed E-state index contributed by atoms with van der Waals surface area (Å²) in [5.74, 6) is 2.52. The minimum atomic E-state index is -0.806. The van der Waals surface area contributed by atoms with Crippen LogP contribution >= 0.6 is 11.3 Å². The van der Waals surface area contributed by atoms with Gasteiger partial charge in [-0.25, -0.2) is 0 Å². The van der Waals surface area contributed by atoms with E-state index in [1.165, 1.54) is 0 Å². The lowest BCUT2D eigenvalue weighted by Crippen LogP contribution is -2.14. The number of nitrogens with zero attached hydrogens (tertiary/aromatic N) is 4. The molecular weight excluding hydrogens is 378 g/mol. The van der Waals surface area contributed by atoms with Gasteiger partial charge in [-0.2, -0.15) is 15.9 Å². The number of benzene rings is 1. The molecule has 0 saturated heterocycles. The summed E-state index contributed by atoms with van der Waals surface area (Å²) in [6, 6.07) is 10.9. The summed E-state index contributed by atoms with van der Waals surface area (Å²) in [7, 11) is 3.15. The molecule has 0 amide bonds. The van der Waals surface area contributed by atoms with Crippen LogP contribution in [-0.2, 0) is 0 Å². The fourth-order valence-corrected chi connectivity index (χ4v) is 3.50. The zero-order chi connectivity index (χ0) is 19.5. The number of fused-ring (bicyclic) bond motifs is 1. The molecule has 9 heteroatoms. The number of methoxy groups -OCH3 is 2. The summed E-state index contributed by atoms with van der Waals surface area (Å²) < 4.78 is 12.3. The molecular formula is C19H19N5O3S. The van der Waals surface area contributed by atoms with Crippen molar-refractivity contribution in [3.63, 3.8) is 0 Å². The van der Waals surface area contributed by atoms with Crippen LogP contribution < -0.4 is 14.8 Å². The van der Waals surface area contributed by atoms with Crippen molar-refractivity contribution < 1.29 is 14.6 Å². The van der Waals surface area contributed by atoms with Gasteiger partial charge < -0.3 is 19.9 Å². The van der Waals surface area contributed by atoms with Gasteiger partial charge >= 0.3 is 0 Å². The van der Waals surface area contributed by atoms with Crippen LogP contribution in [0.4, 0.5) is 5.82 Å². The zero-order valence-electron chi connectivity index (χ0n) is 15.4. The number of ether oxygens (including phenoxy) is 2. The van der Waals surface area contributed by atoms with E-state index in [1.807, 2.05) is 22.9 Å². The molecule has 0 aliphatic heterocycles. The van der Waals surface area contributed by atoms with Crippen LogP contribution in [-0.4, -0.2) is 45.7 Å². The number of nitrogens with one attached hydrogen (secondary N) is 1. The molecule has 0 aliphatic carbocycles. The van der Waals surface area contributed by atoms with Crippen molar-refractivity contribution >= 4 is 22.8 Å². The first-order valence-electron chi connectivity index (χ1n) is 8.58. The van der Waals surface area contributed by atoms with Gasteiger partial charge in [0.1, 0.15) is 17.3 Å². The Morgan fingerprint density at radius 2 is 2.04 bits per heavy atom. The fraction of sp³-hybridized carbons (Fsp3) is 0.211. The Hall–Kier alpha value is -3.17. The molecule has 0 spiro atoms. The van der Waals surface area contributed by atoms with E-state index in [0.717, 1.165) is 5.56 Å². The highest BCUT2D eigenvalue weighted by molar-refractivity contribution is 7.08. The van der Waals surface area contributed by atoms with Crippen molar-refractivity contribution in [2.75, 3.05) is 26.1 Å². The van der Waals surface area contributed by atoms with Gasteiger partial charge in [0.25, 0.3) is 0 Å². The van der Waals surface area contributed by atoms with Gasteiger partial charge in [-0.3, -0.25) is 0 Å². The van der Waals surface area contributed by atoms with E-state index in [2.05, 4.69) is 20.6 Å². The molecule has 0 saturated carbocycles. The van der Waals surface area contributed by atoms with E-state index in [9.17, 15) is 5.11 Å². The number of rotatable bonds is 7. The van der Waals surface area contributed by atoms with E-state index >= 15 is 0 Å². The first-order chi connectivity index (χ1) is 13.7. The van der Waals surface area contributed by atoms with Crippen LogP contribution in [0.3, 0.4) is 0 Å². The van der Waals surface area contributed by atoms with Gasteiger partial charge in [-0.1, -0.05) is 0 Å². The number of aliphatic hydroxyl groups is 1. The molecule has 28 heavy (non-hydrogen) atoms. The number of thiophene rings is 1. The number of hydrogen-bond acceptors (Lipinski definition) is 8. The minimum absolute atomic E-state index is 0.248. The smallest absolute Gasteiger partial charge is 0.186 e. The van der Waals surface area contributed by atoms with Crippen LogP contribution in [0, 0.1) is 0 Å². The van der Waals surface area contributed by atoms with Gasteiger partial charge in [0.05, 0.1) is 20.3 Å². The largest absolute Gasteiger partial charge is 0.497 e. The predicted octanol–water partition coefficient (Wildman–Crippen LogP) is 3.02. The Bertz CT molecular complexity index is 1080. The first kappa shape index (κ1) is 18.2. The Labute approximate surface area is 165 Å². The van der Waals surface area contributed by atoms with Crippen LogP contribution in [0.5, 0.6) is 11.5 Å². The van der Waals surface area contributed by atoms with Crippen LogP contribution in [0.25, 0.3) is 17.0 Å². The maximum atomic E-state index is 10.6. The average molecular weight is 397 g/mol. The van der Waals surface area contributed by atoms with Crippen molar-refractivity contribution in [2.45, 2.75) is 6.10 Å². The Morgan fingerprint density at radius 1 is 1.14 bits per heavy atom. The topological polar surface area (TPSA) is 93.8 Å². The molecule has 0 fully saturated rings. The van der Waals surface area contributed by atoms with Crippen molar-refractivity contribution in [3.05, 3.63) is 52.7 Å². The molecule has 8 nitrogen and oxygen atoms in total. The highest BCUT2D eigenvalue weighted by atomic mass is 32.1. The molecule has 1 unspecified atom stereocenters. The summed E-state index contributed by atoms with van der Waals surface area (Å²) in [6.07, 6.45) is -0.806. The minimum Gasteiger partial charge on any atom is -0.497 e. The third kappa shape index (κ3) is 3.49. The first-order valence-corrected chi connectivity index (χ1v) is 9.53. The van der Waals surface area contributed by atoms with Gasteiger partial charge in [0.2, 0.25) is 0 Å². The number of aliphatic hydroxyl groups excluding tert-OH is 1. The SMILES string of the molecule is COc1ccc(OC)c(C(O)CNc2ccc3nnc(-c4ccsc4)n3n2)c1. The molecule has 144 valence electrons. The van der Waals surface area contributed by atoms with E-state index in [0.29, 0.717) is 34.4 Å². The highest BCUT2D eigenvalue weighted by Crippen LogP contribution is 2.29. The third-order valence-corrected chi connectivity index (χ3v) is 5.00. The summed E-state index contributed by atoms with van der Waals surface area (Å²) in [6.45, 7) is 0.248. The molecule has 3 aromatic heterocycles. The van der Waals surface area contributed by atoms with Crippen molar-refractivity contribution in [1.29, 1.82) is 0 Å². The molecule has 4 rings (SSSR count). The number of hydrogen-bond donors (Lipinski definition) is 2. The van der Waals surface area contributed by atoms with Crippen molar-refractivity contribution in [1.82, 2.24) is 19.8 Å². The normalized spacial score (nSPS) is 12.1. The quantitative estimate of drug-likeness (QED) is 0.495. The standard InChI is InChI=1S/C19H19N5O3S/c1-26-13-3-4-16(27-2)14(9-13)15(25)10-20-17-5-6-18-21-22-19(24(18)23-17)12-7-8-28-11-12/h3-9,11,15,25H,10H2,1-2H3,(H,20,23). The van der Waals surface area contributed by atoms with Crippen LogP contribution in [0.1, 0.15) is 11.7 Å². The van der Waals surface area contributed by atoms with E-state index in [4.69, 9.17) is 9.47 Å². The second kappa shape index (κ2) is 7.83. The maximum absolute atomic E-state index is 10.6. The van der Waals surface area contributed by atoms with Gasteiger partial charge in [0.15, 0.2) is 11.5 Å². The highest BCUT2D eigenvalue weighted by Gasteiger charge is 2.16. The lowest BCUT2D eigenvalue weighted by Gasteiger charge is -2.17.